The largest absolute Gasteiger partial charge is 0.425 e. The Morgan fingerprint density at radius 2 is 1.00 bits per heavy atom. The molecule has 0 spiro atoms. The number of allylic oxidation sites excluding steroid dienone is 4. The molecule has 10 nitrogen and oxygen atoms in total. The molecule has 0 fully saturated rings. The van der Waals surface area contributed by atoms with E-state index in [0.717, 1.165) is 0 Å². The van der Waals surface area contributed by atoms with E-state index in [1.165, 1.54) is 0 Å². The van der Waals surface area contributed by atoms with Crippen LogP contribution in [0.2, 0.25) is 0 Å². The monoisotopic (exact) mass is 300 g/mol. The summed E-state index contributed by atoms with van der Waals surface area (Å²) in [5.74, 6) is 0. The van der Waals surface area contributed by atoms with Gasteiger partial charge < -0.3 is 10.8 Å². The number of rotatable bonds is 3. The molecule has 0 aromatic heterocycles. The maximum atomic E-state index is 9.51. The Bertz CT molecular complexity index is 515. The van der Waals surface area contributed by atoms with Crippen molar-refractivity contribution < 1.29 is 34.6 Å². The zero-order valence-corrected chi connectivity index (χ0v) is 10.1. The molecule has 0 aliphatic heterocycles. The molecule has 0 aromatic carbocycles. The van der Waals surface area contributed by atoms with Crippen LogP contribution in [0.3, 0.4) is 0 Å². The predicted octanol–water partition coefficient (Wildman–Crippen LogP) is -0.308. The lowest BCUT2D eigenvalue weighted by molar-refractivity contribution is -0.105. The summed E-state index contributed by atoms with van der Waals surface area (Å²) in [5.41, 5.74) is 0.919. The second-order valence-corrected chi connectivity index (χ2v) is 4.55. The third-order valence-electron chi connectivity index (χ3n) is 1.08. The van der Waals surface area contributed by atoms with Gasteiger partial charge in [0, 0.05) is 0 Å². The molecule has 0 saturated carbocycles. The van der Waals surface area contributed by atoms with E-state index >= 15 is 0 Å². The van der Waals surface area contributed by atoms with Crippen molar-refractivity contribution in [3.63, 3.8) is 0 Å². The Kier molecular flexibility index (Phi) is 5.96. The van der Waals surface area contributed by atoms with Crippen molar-refractivity contribution in [2.45, 2.75) is 0 Å². The highest BCUT2D eigenvalue weighted by atomic mass is 32.3. The minimum Gasteiger partial charge on any atom is -0.301 e. The van der Waals surface area contributed by atoms with Gasteiger partial charge >= 0.3 is 20.8 Å². The molecule has 0 heterocycles. The van der Waals surface area contributed by atoms with E-state index in [1.54, 1.807) is 24.3 Å². The lowest BCUT2D eigenvalue weighted by Gasteiger charge is -1.93. The van der Waals surface area contributed by atoms with Gasteiger partial charge in [-0.1, -0.05) is 8.67 Å². The Morgan fingerprint density at radius 3 is 1.17 bits per heavy atom. The van der Waals surface area contributed by atoms with Gasteiger partial charge in [0.05, 0.1) is 11.4 Å². The fourth-order valence-corrected chi connectivity index (χ4v) is 1.10. The average molecular weight is 300 g/mol. The summed E-state index contributed by atoms with van der Waals surface area (Å²) < 4.78 is 58.9. The van der Waals surface area contributed by atoms with Crippen molar-refractivity contribution in [1.82, 2.24) is 0 Å². The van der Waals surface area contributed by atoms with Crippen molar-refractivity contribution >= 4 is 32.2 Å². The van der Waals surface area contributed by atoms with Gasteiger partial charge in [-0.25, -0.2) is 0 Å². The van der Waals surface area contributed by atoms with E-state index in [4.69, 9.17) is 19.9 Å². The van der Waals surface area contributed by atoms with Crippen LogP contribution in [-0.2, 0) is 29.5 Å². The van der Waals surface area contributed by atoms with E-state index in [0.29, 0.717) is 11.4 Å². The number of hydrogen-bond acceptors (Lipinski definition) is 8. The second-order valence-electron chi connectivity index (χ2n) is 2.57. The van der Waals surface area contributed by atoms with Crippen molar-refractivity contribution in [3.8, 4) is 0 Å². The molecule has 0 bridgehead atoms. The van der Waals surface area contributed by atoms with Gasteiger partial charge in [-0.15, -0.1) is 0 Å². The number of hydrogen-bond donors (Lipinski definition) is 4. The minimum absolute atomic E-state index is 0.459. The lowest BCUT2D eigenvalue weighted by atomic mass is 10.2. The Hall–Kier alpha value is -1.44. The van der Waals surface area contributed by atoms with Gasteiger partial charge in [0.25, 0.3) is 0 Å². The van der Waals surface area contributed by atoms with Crippen LogP contribution in [0.15, 0.2) is 24.3 Å². The smallest absolute Gasteiger partial charge is 0.301 e. The average Bonchev–Trinajstić information content (AvgIpc) is 2.19. The molecular formula is C6H8N2O8S2. The molecule has 1 aliphatic rings. The highest BCUT2D eigenvalue weighted by Gasteiger charge is 2.13. The zero-order chi connectivity index (χ0) is 14.4. The second kappa shape index (κ2) is 6.48. The predicted molar refractivity (Wildman–Crippen MR) is 59.0 cm³/mol. The third kappa shape index (κ3) is 11.1. The number of nitrogens with one attached hydrogen (secondary N) is 2. The normalized spacial score (nSPS) is 15.2. The van der Waals surface area contributed by atoms with Crippen LogP contribution in [0.1, 0.15) is 0 Å². The third-order valence-corrected chi connectivity index (χ3v) is 1.65. The van der Waals surface area contributed by atoms with Crippen LogP contribution in [0, 0.1) is 10.8 Å². The molecule has 0 radical (unpaired) electrons. The molecule has 0 amide bonds. The highest BCUT2D eigenvalue weighted by Crippen LogP contribution is 1.92. The van der Waals surface area contributed by atoms with Crippen LogP contribution in [0.4, 0.5) is 0 Å². The van der Waals surface area contributed by atoms with Crippen molar-refractivity contribution in [2.75, 3.05) is 0 Å². The molecule has 0 saturated heterocycles. The molecule has 102 valence electrons. The van der Waals surface area contributed by atoms with Crippen molar-refractivity contribution in [1.29, 1.82) is 10.8 Å². The van der Waals surface area contributed by atoms with Gasteiger partial charge in [0.2, 0.25) is 0 Å². The first-order valence-electron chi connectivity index (χ1n) is 3.85. The Morgan fingerprint density at radius 1 is 0.778 bits per heavy atom. The van der Waals surface area contributed by atoms with Gasteiger partial charge in [-0.3, -0.25) is 9.11 Å². The van der Waals surface area contributed by atoms with Crippen molar-refractivity contribution in [2.24, 2.45) is 0 Å². The van der Waals surface area contributed by atoms with E-state index in [1.807, 2.05) is 0 Å². The van der Waals surface area contributed by atoms with Crippen LogP contribution in [-0.4, -0.2) is 37.4 Å². The molecule has 0 atom stereocenters. The summed E-state index contributed by atoms with van der Waals surface area (Å²) in [6.45, 7) is 0. The van der Waals surface area contributed by atoms with Gasteiger partial charge in [-0.05, 0) is 24.3 Å². The summed E-state index contributed by atoms with van der Waals surface area (Å²) in [7, 11) is -10.0. The summed E-state index contributed by atoms with van der Waals surface area (Å²) >= 11 is 0. The topological polar surface area (TPSA) is 175 Å². The van der Waals surface area contributed by atoms with Crippen LogP contribution in [0.25, 0.3) is 0 Å². The summed E-state index contributed by atoms with van der Waals surface area (Å²) in [5, 5.41) is 14.0. The van der Waals surface area contributed by atoms with Gasteiger partial charge in [0.15, 0.2) is 0 Å². The quantitative estimate of drug-likeness (QED) is 0.237. The fourth-order valence-electron chi connectivity index (χ4n) is 0.540. The Balaban J connectivity index is 0.000000327. The van der Waals surface area contributed by atoms with Gasteiger partial charge in [0.1, 0.15) is 0 Å². The first-order chi connectivity index (χ1) is 7.99. The van der Waals surface area contributed by atoms with Crippen LogP contribution in [0.5, 0.6) is 0 Å². The molecule has 0 unspecified atom stereocenters. The Labute approximate surface area is 102 Å². The fraction of sp³-hybridized carbons (Fsp3) is 0. The SMILES string of the molecule is N=C1C=CC(=N)C=C1.O=S(=O)(O)OOS(=O)(=O)O. The van der Waals surface area contributed by atoms with E-state index in [9.17, 15) is 16.8 Å². The van der Waals surface area contributed by atoms with Crippen LogP contribution >= 0.6 is 0 Å². The van der Waals surface area contributed by atoms with E-state index in [2.05, 4.69) is 8.67 Å². The molecule has 4 N–H and O–H groups in total. The first kappa shape index (κ1) is 16.6. The maximum absolute atomic E-state index is 9.51. The molecule has 18 heavy (non-hydrogen) atoms. The lowest BCUT2D eigenvalue weighted by Crippen LogP contribution is -2.10. The molecule has 1 rings (SSSR count). The van der Waals surface area contributed by atoms with Crippen molar-refractivity contribution in [3.05, 3.63) is 24.3 Å². The highest BCUT2D eigenvalue weighted by molar-refractivity contribution is 7.83. The zero-order valence-electron chi connectivity index (χ0n) is 8.47. The molecule has 0 aromatic rings. The molecule has 1 aliphatic carbocycles. The standard InChI is InChI=1S/C6H6N2.H2O8S2/c7-5-1-2-6(8)4-3-5;1-9(2,3)7-8-10(4,5)6/h1-4,7-8H;(H,1,2,3)(H,4,5,6). The maximum Gasteiger partial charge on any atom is 0.425 e. The molecule has 12 heteroatoms. The van der Waals surface area contributed by atoms with Gasteiger partial charge in [-0.2, -0.15) is 16.8 Å². The van der Waals surface area contributed by atoms with E-state index in [-0.39, 0.29) is 0 Å². The first-order valence-corrected chi connectivity index (χ1v) is 6.58. The summed E-state index contributed by atoms with van der Waals surface area (Å²) in [4.78, 5) is 0. The van der Waals surface area contributed by atoms with Crippen LogP contribution < -0.4 is 0 Å². The minimum atomic E-state index is -5.02. The van der Waals surface area contributed by atoms with E-state index < -0.39 is 20.8 Å². The summed E-state index contributed by atoms with van der Waals surface area (Å²) in [6, 6.07) is 0. The molecular weight excluding hydrogens is 292 g/mol. The summed E-state index contributed by atoms with van der Waals surface area (Å²) in [6.07, 6.45) is 6.40.